The van der Waals surface area contributed by atoms with Gasteiger partial charge in [-0.25, -0.2) is 15.0 Å². The highest BCUT2D eigenvalue weighted by molar-refractivity contribution is 6.35. The summed E-state index contributed by atoms with van der Waals surface area (Å²) in [6, 6.07) is 57.5. The highest BCUT2D eigenvalue weighted by atomic mass is 15.2. The smallest absolute Gasteiger partial charge is 0.235 e. The van der Waals surface area contributed by atoms with Crippen LogP contribution in [0.25, 0.3) is 99.8 Å². The van der Waals surface area contributed by atoms with Crippen LogP contribution in [-0.2, 0) is 0 Å². The van der Waals surface area contributed by atoms with Gasteiger partial charge in [0.2, 0.25) is 5.95 Å². The van der Waals surface area contributed by atoms with Crippen molar-refractivity contribution >= 4 is 59.9 Å². The molecule has 0 radical (unpaired) electrons. The Morgan fingerprint density at radius 3 is 1.70 bits per heavy atom. The van der Waals surface area contributed by atoms with Crippen molar-refractivity contribution < 1.29 is 0 Å². The fourth-order valence-electron chi connectivity index (χ4n) is 7.92. The Kier molecular flexibility index (Phi) is 5.60. The first-order chi connectivity index (χ1) is 24.8. The molecule has 11 aromatic rings. The summed E-state index contributed by atoms with van der Waals surface area (Å²) in [5, 5.41) is 7.11. The summed E-state index contributed by atoms with van der Waals surface area (Å²) in [6.07, 6.45) is 0. The van der Waals surface area contributed by atoms with Gasteiger partial charge in [0.1, 0.15) is 5.82 Å². The quantitative estimate of drug-likeness (QED) is 0.193. The van der Waals surface area contributed by atoms with Crippen molar-refractivity contribution in [2.45, 2.75) is 0 Å². The molecule has 5 nitrogen and oxygen atoms in total. The van der Waals surface area contributed by atoms with E-state index < -0.39 is 0 Å². The maximum absolute atomic E-state index is 5.33. The molecular formula is C45H27N5. The van der Waals surface area contributed by atoms with Gasteiger partial charge in [-0.3, -0.25) is 8.97 Å². The molecule has 0 saturated carbocycles. The highest BCUT2D eigenvalue weighted by Crippen LogP contribution is 2.46. The molecule has 0 saturated heterocycles. The molecule has 0 unspecified atom stereocenters. The van der Waals surface area contributed by atoms with Crippen LogP contribution >= 0.6 is 0 Å². The van der Waals surface area contributed by atoms with Crippen LogP contribution in [0, 0.1) is 0 Å². The number of aromatic nitrogens is 5. The highest BCUT2D eigenvalue weighted by Gasteiger charge is 2.26. The molecule has 0 fully saturated rings. The lowest BCUT2D eigenvalue weighted by Gasteiger charge is -2.13. The van der Waals surface area contributed by atoms with Gasteiger partial charge in [-0.1, -0.05) is 133 Å². The van der Waals surface area contributed by atoms with Crippen LogP contribution in [-0.4, -0.2) is 23.9 Å². The van der Waals surface area contributed by atoms with Gasteiger partial charge in [-0.15, -0.1) is 0 Å². The summed E-state index contributed by atoms with van der Waals surface area (Å²) in [6.45, 7) is 0. The fraction of sp³-hybridized carbons (Fsp3) is 0. The summed E-state index contributed by atoms with van der Waals surface area (Å²) in [7, 11) is 0. The van der Waals surface area contributed by atoms with E-state index in [0.717, 1.165) is 66.9 Å². The number of hydrogen-bond acceptors (Lipinski definition) is 3. The van der Waals surface area contributed by atoms with Crippen LogP contribution in [0.3, 0.4) is 0 Å². The van der Waals surface area contributed by atoms with Crippen LogP contribution in [0.4, 0.5) is 0 Å². The van der Waals surface area contributed by atoms with Crippen LogP contribution in [0.1, 0.15) is 0 Å². The van der Waals surface area contributed by atoms with Gasteiger partial charge in [-0.05, 0) is 41.1 Å². The van der Waals surface area contributed by atoms with Crippen molar-refractivity contribution in [3.8, 4) is 39.9 Å². The minimum Gasteiger partial charge on any atom is -0.291 e. The molecule has 0 spiro atoms. The number of para-hydroxylation sites is 1. The Bertz CT molecular complexity index is 3010. The summed E-state index contributed by atoms with van der Waals surface area (Å²) in [5.41, 5.74) is 10.2. The predicted octanol–water partition coefficient (Wildman–Crippen LogP) is 11.1. The molecule has 11 rings (SSSR count). The Labute approximate surface area is 286 Å². The molecule has 5 heteroatoms. The molecule has 0 aliphatic rings. The standard InChI is InChI=1S/C45H27N5/c1-4-14-28(15-5-1)35-27-36(29-16-6-2-7-17-29)48-45(47-35)49-38-25-24-34-43-42(38)41-39(49)26-31-20-10-11-21-32(31)40(41)33-22-12-13-23-37(33)50(43)44(46-34)30-18-8-3-9-19-30/h1-27H. The Morgan fingerprint density at radius 1 is 0.400 bits per heavy atom. The van der Waals surface area contributed by atoms with Crippen molar-refractivity contribution in [2.75, 3.05) is 0 Å². The molecule has 0 aliphatic heterocycles. The van der Waals surface area contributed by atoms with Crippen molar-refractivity contribution in [1.82, 2.24) is 23.9 Å². The first kappa shape index (κ1) is 27.1. The summed E-state index contributed by atoms with van der Waals surface area (Å²) >= 11 is 0. The van der Waals surface area contributed by atoms with Crippen molar-refractivity contribution in [3.63, 3.8) is 0 Å². The minimum atomic E-state index is 0.633. The van der Waals surface area contributed by atoms with Gasteiger partial charge in [0.15, 0.2) is 0 Å². The van der Waals surface area contributed by atoms with E-state index in [9.17, 15) is 0 Å². The SMILES string of the molecule is c1ccc(-c2cc(-c3ccccc3)nc(-n3c4cc5ccccc5c5c6ccccc6n6c(-c7ccccc7)nc7ccc3c(c54)c76)n2)cc1. The van der Waals surface area contributed by atoms with E-state index in [1.54, 1.807) is 0 Å². The third-order valence-electron chi connectivity index (χ3n) is 10.1. The third-order valence-corrected chi connectivity index (χ3v) is 10.1. The lowest BCUT2D eigenvalue weighted by atomic mass is 9.98. The first-order valence-electron chi connectivity index (χ1n) is 16.9. The molecule has 232 valence electrons. The molecule has 50 heavy (non-hydrogen) atoms. The maximum atomic E-state index is 5.33. The summed E-state index contributed by atoms with van der Waals surface area (Å²) in [5.74, 6) is 1.56. The van der Waals surface area contributed by atoms with E-state index >= 15 is 0 Å². The normalized spacial score (nSPS) is 12.0. The third kappa shape index (κ3) is 3.80. The van der Waals surface area contributed by atoms with Crippen LogP contribution in [0.15, 0.2) is 164 Å². The average Bonchev–Trinajstić information content (AvgIpc) is 3.69. The topological polar surface area (TPSA) is 48.0 Å². The van der Waals surface area contributed by atoms with Crippen LogP contribution in [0.2, 0.25) is 0 Å². The van der Waals surface area contributed by atoms with E-state index in [4.69, 9.17) is 15.0 Å². The zero-order valence-electron chi connectivity index (χ0n) is 26.8. The van der Waals surface area contributed by atoms with Gasteiger partial charge >= 0.3 is 0 Å². The fourth-order valence-corrected chi connectivity index (χ4v) is 7.92. The maximum Gasteiger partial charge on any atom is 0.235 e. The number of fused-ring (bicyclic) bond motifs is 5. The first-order valence-corrected chi connectivity index (χ1v) is 16.9. The molecule has 4 aromatic heterocycles. The average molecular weight is 638 g/mol. The van der Waals surface area contributed by atoms with Gasteiger partial charge in [0.25, 0.3) is 0 Å². The molecule has 4 heterocycles. The van der Waals surface area contributed by atoms with E-state index in [0.29, 0.717) is 5.95 Å². The van der Waals surface area contributed by atoms with Crippen LogP contribution in [0.5, 0.6) is 0 Å². The van der Waals surface area contributed by atoms with Gasteiger partial charge < -0.3 is 0 Å². The van der Waals surface area contributed by atoms with E-state index in [-0.39, 0.29) is 0 Å². The van der Waals surface area contributed by atoms with Gasteiger partial charge in [0, 0.05) is 38.2 Å². The number of hydrogen-bond donors (Lipinski definition) is 0. The molecule has 0 bridgehead atoms. The minimum absolute atomic E-state index is 0.633. The van der Waals surface area contributed by atoms with Gasteiger partial charge in [0.05, 0.1) is 39.0 Å². The summed E-state index contributed by atoms with van der Waals surface area (Å²) < 4.78 is 4.64. The lowest BCUT2D eigenvalue weighted by Crippen LogP contribution is -2.04. The molecule has 0 amide bonds. The Balaban J connectivity index is 1.38. The second-order valence-corrected chi connectivity index (χ2v) is 12.9. The zero-order chi connectivity index (χ0) is 32.8. The Hall–Kier alpha value is -6.85. The number of nitrogens with zero attached hydrogens (tertiary/aromatic N) is 5. The molecule has 0 N–H and O–H groups in total. The number of rotatable bonds is 4. The largest absolute Gasteiger partial charge is 0.291 e. The zero-order valence-corrected chi connectivity index (χ0v) is 26.8. The lowest BCUT2D eigenvalue weighted by molar-refractivity contribution is 0.996. The molecule has 0 aliphatic carbocycles. The predicted molar refractivity (Wildman–Crippen MR) is 205 cm³/mol. The number of benzene rings is 7. The van der Waals surface area contributed by atoms with E-state index in [2.05, 4.69) is 161 Å². The molecule has 7 aromatic carbocycles. The number of imidazole rings is 1. The van der Waals surface area contributed by atoms with Crippen molar-refractivity contribution in [1.29, 1.82) is 0 Å². The second kappa shape index (κ2) is 10.3. The second-order valence-electron chi connectivity index (χ2n) is 12.9. The van der Waals surface area contributed by atoms with Crippen LogP contribution < -0.4 is 0 Å². The molecular weight excluding hydrogens is 611 g/mol. The van der Waals surface area contributed by atoms with Crippen molar-refractivity contribution in [3.05, 3.63) is 164 Å². The van der Waals surface area contributed by atoms with E-state index in [1.807, 2.05) is 12.1 Å². The summed E-state index contributed by atoms with van der Waals surface area (Å²) in [4.78, 5) is 16.0. The van der Waals surface area contributed by atoms with Gasteiger partial charge in [-0.2, -0.15) is 0 Å². The van der Waals surface area contributed by atoms with Crippen molar-refractivity contribution in [2.24, 2.45) is 0 Å². The monoisotopic (exact) mass is 637 g/mol. The Morgan fingerprint density at radius 2 is 1.00 bits per heavy atom. The molecule has 0 atom stereocenters. The van der Waals surface area contributed by atoms with E-state index in [1.165, 1.54) is 26.9 Å².